The van der Waals surface area contributed by atoms with Crippen molar-refractivity contribution in [3.63, 3.8) is 0 Å². The van der Waals surface area contributed by atoms with E-state index in [1.807, 2.05) is 0 Å². The number of hydrogen-bond donors (Lipinski definition) is 2. The fourth-order valence-electron chi connectivity index (χ4n) is 3.66. The van der Waals surface area contributed by atoms with Crippen LogP contribution in [-0.4, -0.2) is 22.4 Å². The van der Waals surface area contributed by atoms with Gasteiger partial charge in [-0.05, 0) is 66.2 Å². The van der Waals surface area contributed by atoms with Crippen molar-refractivity contribution < 1.29 is 14.4 Å². The third-order valence-corrected chi connectivity index (χ3v) is 7.07. The third kappa shape index (κ3) is 5.19. The minimum Gasteiger partial charge on any atom is -0.326 e. The zero-order valence-corrected chi connectivity index (χ0v) is 20.9. The summed E-state index contributed by atoms with van der Waals surface area (Å²) in [6.45, 7) is 0. The maximum absolute atomic E-state index is 13.0. The van der Waals surface area contributed by atoms with Crippen molar-refractivity contribution in [2.75, 3.05) is 10.6 Å². The van der Waals surface area contributed by atoms with Crippen LogP contribution in [0.2, 0.25) is 15.1 Å². The Morgan fingerprint density at radius 2 is 1.44 bits per heavy atom. The second kappa shape index (κ2) is 9.76. The molecule has 0 heterocycles. The van der Waals surface area contributed by atoms with Gasteiger partial charge in [0.2, 0.25) is 5.91 Å². The van der Waals surface area contributed by atoms with Crippen molar-refractivity contribution in [2.45, 2.75) is 10.3 Å². The quantitative estimate of drug-likeness (QED) is 0.248. The molecule has 0 aliphatic heterocycles. The molecule has 2 atom stereocenters. The van der Waals surface area contributed by atoms with E-state index in [9.17, 15) is 14.4 Å². The Labute approximate surface area is 220 Å². The summed E-state index contributed by atoms with van der Waals surface area (Å²) in [5.41, 5.74) is 2.11. The Hall–Kier alpha value is -2.28. The standard InChI is InChI=1S/C24H15Cl5N2O3/c25-14-7-13(8-15(26)9-14)20-21(24(20,28)29)23(34)31-17-5-6-19(27)18(10-17)22(33)30-16-3-1-12(11-32)2-4-16/h1-11,20-21H,(H,30,33)(H,31,34). The summed E-state index contributed by atoms with van der Waals surface area (Å²) < 4.78 is -1.33. The Bertz CT molecular complexity index is 1270. The number of amides is 2. The minimum absolute atomic E-state index is 0.149. The van der Waals surface area contributed by atoms with E-state index in [1.165, 1.54) is 12.1 Å². The van der Waals surface area contributed by atoms with Crippen LogP contribution in [0.3, 0.4) is 0 Å². The predicted octanol–water partition coefficient (Wildman–Crippen LogP) is 7.24. The number of aldehydes is 1. The first-order valence-corrected chi connectivity index (χ1v) is 11.8. The van der Waals surface area contributed by atoms with Gasteiger partial charge in [-0.25, -0.2) is 0 Å². The molecule has 0 saturated heterocycles. The van der Waals surface area contributed by atoms with E-state index >= 15 is 0 Å². The molecule has 1 aliphatic rings. The third-order valence-electron chi connectivity index (χ3n) is 5.36. The van der Waals surface area contributed by atoms with Crippen molar-refractivity contribution in [1.29, 1.82) is 0 Å². The van der Waals surface area contributed by atoms with E-state index in [4.69, 9.17) is 58.0 Å². The van der Waals surface area contributed by atoms with Crippen LogP contribution in [0, 0.1) is 5.92 Å². The number of carbonyl (C=O) groups is 3. The molecule has 34 heavy (non-hydrogen) atoms. The van der Waals surface area contributed by atoms with Crippen LogP contribution in [0.1, 0.15) is 32.2 Å². The zero-order chi connectivity index (χ0) is 24.6. The first-order chi connectivity index (χ1) is 16.1. The van der Waals surface area contributed by atoms with Gasteiger partial charge in [-0.3, -0.25) is 14.4 Å². The average molecular weight is 557 g/mol. The van der Waals surface area contributed by atoms with E-state index in [0.717, 1.165) is 0 Å². The number of alkyl halides is 2. The van der Waals surface area contributed by atoms with Crippen LogP contribution >= 0.6 is 58.0 Å². The molecular formula is C24H15Cl5N2O3. The van der Waals surface area contributed by atoms with Gasteiger partial charge in [0.1, 0.15) is 10.6 Å². The van der Waals surface area contributed by atoms with Gasteiger partial charge < -0.3 is 10.6 Å². The maximum Gasteiger partial charge on any atom is 0.257 e. The Kier molecular flexibility index (Phi) is 7.13. The van der Waals surface area contributed by atoms with E-state index in [1.54, 1.807) is 48.5 Å². The second-order valence-corrected chi connectivity index (χ2v) is 10.4. The first kappa shape index (κ1) is 24.8. The maximum atomic E-state index is 13.0. The van der Waals surface area contributed by atoms with Crippen molar-refractivity contribution in [2.24, 2.45) is 5.92 Å². The highest BCUT2D eigenvalue weighted by molar-refractivity contribution is 6.53. The van der Waals surface area contributed by atoms with Gasteiger partial charge in [0, 0.05) is 32.9 Å². The lowest BCUT2D eigenvalue weighted by Gasteiger charge is -2.10. The highest BCUT2D eigenvalue weighted by Gasteiger charge is 2.67. The summed E-state index contributed by atoms with van der Waals surface area (Å²) in [7, 11) is 0. The Morgan fingerprint density at radius 1 is 0.824 bits per heavy atom. The average Bonchev–Trinajstić information content (AvgIpc) is 3.37. The van der Waals surface area contributed by atoms with Crippen LogP contribution < -0.4 is 10.6 Å². The summed E-state index contributed by atoms with van der Waals surface area (Å²) in [6, 6.07) is 15.8. The second-order valence-electron chi connectivity index (χ2n) is 7.71. The highest BCUT2D eigenvalue weighted by atomic mass is 35.5. The van der Waals surface area contributed by atoms with Gasteiger partial charge >= 0.3 is 0 Å². The van der Waals surface area contributed by atoms with Crippen molar-refractivity contribution in [1.82, 2.24) is 0 Å². The Balaban J connectivity index is 1.49. The monoisotopic (exact) mass is 554 g/mol. The van der Waals surface area contributed by atoms with E-state index in [0.29, 0.717) is 38.8 Å². The fourth-order valence-corrected chi connectivity index (χ4v) is 5.24. The molecule has 2 unspecified atom stereocenters. The normalized spacial score (nSPS) is 18.1. The fraction of sp³-hybridized carbons (Fsp3) is 0.125. The Morgan fingerprint density at radius 3 is 2.06 bits per heavy atom. The van der Waals surface area contributed by atoms with Gasteiger partial charge in [0.15, 0.2) is 0 Å². The molecule has 2 N–H and O–H groups in total. The number of rotatable bonds is 6. The molecule has 2 amide bonds. The molecule has 0 bridgehead atoms. The van der Waals surface area contributed by atoms with Gasteiger partial charge in [-0.15, -0.1) is 23.2 Å². The minimum atomic E-state index is -1.33. The topological polar surface area (TPSA) is 75.3 Å². The molecule has 10 heteroatoms. The van der Waals surface area contributed by atoms with Crippen molar-refractivity contribution in [3.8, 4) is 0 Å². The number of halogens is 5. The van der Waals surface area contributed by atoms with Gasteiger partial charge in [0.05, 0.1) is 16.5 Å². The molecule has 1 saturated carbocycles. The lowest BCUT2D eigenvalue weighted by Crippen LogP contribution is -2.18. The van der Waals surface area contributed by atoms with Crippen LogP contribution in [0.15, 0.2) is 60.7 Å². The molecule has 3 aromatic carbocycles. The van der Waals surface area contributed by atoms with Gasteiger partial charge in [-0.1, -0.05) is 34.8 Å². The highest BCUT2D eigenvalue weighted by Crippen LogP contribution is 2.65. The SMILES string of the molecule is O=Cc1ccc(NC(=O)c2cc(NC(=O)C3C(c4cc(Cl)cc(Cl)c4)C3(Cl)Cl)ccc2Cl)cc1. The molecule has 5 nitrogen and oxygen atoms in total. The molecule has 0 spiro atoms. The molecule has 3 aromatic rings. The van der Waals surface area contributed by atoms with E-state index in [2.05, 4.69) is 10.6 Å². The molecular weight excluding hydrogens is 542 g/mol. The lowest BCUT2D eigenvalue weighted by atomic mass is 10.1. The molecule has 1 fully saturated rings. The number of benzene rings is 3. The number of hydrogen-bond acceptors (Lipinski definition) is 3. The zero-order valence-electron chi connectivity index (χ0n) is 17.1. The van der Waals surface area contributed by atoms with Crippen LogP contribution in [-0.2, 0) is 4.79 Å². The first-order valence-electron chi connectivity index (χ1n) is 9.91. The molecule has 4 rings (SSSR count). The summed E-state index contributed by atoms with van der Waals surface area (Å²) in [5.74, 6) is -2.17. The summed E-state index contributed by atoms with van der Waals surface area (Å²) in [5, 5.41) is 6.45. The molecule has 0 aromatic heterocycles. The van der Waals surface area contributed by atoms with Crippen LogP contribution in [0.5, 0.6) is 0 Å². The largest absolute Gasteiger partial charge is 0.326 e. The smallest absolute Gasteiger partial charge is 0.257 e. The lowest BCUT2D eigenvalue weighted by molar-refractivity contribution is -0.117. The summed E-state index contributed by atoms with van der Waals surface area (Å²) >= 11 is 31.2. The summed E-state index contributed by atoms with van der Waals surface area (Å²) in [4.78, 5) is 36.5. The van der Waals surface area contributed by atoms with Crippen molar-refractivity contribution >= 4 is 87.5 Å². The van der Waals surface area contributed by atoms with Crippen molar-refractivity contribution in [3.05, 3.63) is 92.4 Å². The van der Waals surface area contributed by atoms with Gasteiger partial charge in [-0.2, -0.15) is 0 Å². The molecule has 1 aliphatic carbocycles. The number of nitrogens with one attached hydrogen (secondary N) is 2. The molecule has 0 radical (unpaired) electrons. The molecule has 174 valence electrons. The van der Waals surface area contributed by atoms with Crippen LogP contribution in [0.25, 0.3) is 0 Å². The number of carbonyl (C=O) groups excluding carboxylic acids is 3. The number of anilines is 2. The van der Waals surface area contributed by atoms with Gasteiger partial charge in [0.25, 0.3) is 5.91 Å². The predicted molar refractivity (Wildman–Crippen MR) is 137 cm³/mol. The van der Waals surface area contributed by atoms with E-state index < -0.39 is 28.0 Å². The van der Waals surface area contributed by atoms with Crippen LogP contribution in [0.4, 0.5) is 11.4 Å². The summed E-state index contributed by atoms with van der Waals surface area (Å²) in [6.07, 6.45) is 0.705. The van der Waals surface area contributed by atoms with E-state index in [-0.39, 0.29) is 10.6 Å².